The predicted octanol–water partition coefficient (Wildman–Crippen LogP) is 5.00. The molecule has 2 N–H and O–H groups in total. The van der Waals surface area contributed by atoms with Crippen molar-refractivity contribution >= 4 is 23.9 Å². The van der Waals surface area contributed by atoms with Crippen LogP contribution in [0.15, 0.2) is 89.1 Å². The van der Waals surface area contributed by atoms with E-state index < -0.39 is 0 Å². The Morgan fingerprint density at radius 2 is 1.65 bits per heavy atom. The van der Waals surface area contributed by atoms with Crippen molar-refractivity contribution in [3.63, 3.8) is 0 Å². The normalized spacial score (nSPS) is 10.9. The van der Waals surface area contributed by atoms with Gasteiger partial charge in [0.15, 0.2) is 16.7 Å². The maximum Gasteiger partial charge on any atom is 0.250 e. The van der Waals surface area contributed by atoms with E-state index in [1.54, 1.807) is 32.6 Å². The van der Waals surface area contributed by atoms with Crippen molar-refractivity contribution in [1.82, 2.24) is 15.4 Å². The smallest absolute Gasteiger partial charge is 0.250 e. The van der Waals surface area contributed by atoms with E-state index in [9.17, 15) is 4.79 Å². The molecule has 0 radical (unpaired) electrons. The van der Waals surface area contributed by atoms with Crippen molar-refractivity contribution < 1.29 is 14.3 Å². The number of carbonyl (C=O) groups excluding carboxylic acids is 1. The van der Waals surface area contributed by atoms with Crippen molar-refractivity contribution in [1.29, 1.82) is 0 Å². The van der Waals surface area contributed by atoms with Gasteiger partial charge in [-0.3, -0.25) is 4.79 Å². The van der Waals surface area contributed by atoms with Crippen LogP contribution in [0, 0.1) is 0 Å². The highest BCUT2D eigenvalue weighted by Gasteiger charge is 2.15. The lowest BCUT2D eigenvalue weighted by Gasteiger charge is -2.07. The van der Waals surface area contributed by atoms with Gasteiger partial charge in [-0.25, -0.2) is 10.4 Å². The van der Waals surface area contributed by atoms with Crippen molar-refractivity contribution in [3.8, 4) is 34.0 Å². The largest absolute Gasteiger partial charge is 0.493 e. The van der Waals surface area contributed by atoms with Gasteiger partial charge in [-0.05, 0) is 23.8 Å². The van der Waals surface area contributed by atoms with E-state index >= 15 is 0 Å². The zero-order valence-corrected chi connectivity index (χ0v) is 19.6. The summed E-state index contributed by atoms with van der Waals surface area (Å²) in [5.74, 6) is 1.15. The third-order valence-corrected chi connectivity index (χ3v) is 5.82. The number of aromatic nitrogens is 2. The predicted molar refractivity (Wildman–Crippen MR) is 135 cm³/mol. The van der Waals surface area contributed by atoms with Crippen LogP contribution in [0.5, 0.6) is 11.5 Å². The van der Waals surface area contributed by atoms with Crippen LogP contribution in [0.2, 0.25) is 0 Å². The zero-order valence-electron chi connectivity index (χ0n) is 18.8. The van der Waals surface area contributed by atoms with E-state index in [1.165, 1.54) is 11.8 Å². The fourth-order valence-electron chi connectivity index (χ4n) is 3.32. The number of nitrogens with one attached hydrogen (secondary N) is 2. The molecule has 172 valence electrons. The number of rotatable bonds is 9. The Balaban J connectivity index is 1.42. The maximum absolute atomic E-state index is 12.3. The summed E-state index contributed by atoms with van der Waals surface area (Å²) in [6, 6.07) is 25.4. The quantitative estimate of drug-likeness (QED) is 0.203. The number of amides is 1. The minimum absolute atomic E-state index is 0.166. The van der Waals surface area contributed by atoms with Gasteiger partial charge in [-0.15, -0.1) is 0 Å². The van der Waals surface area contributed by atoms with Crippen LogP contribution in [0.1, 0.15) is 5.56 Å². The fourth-order valence-corrected chi connectivity index (χ4v) is 3.98. The molecule has 0 saturated carbocycles. The number of hydrazone groups is 1. The van der Waals surface area contributed by atoms with E-state index in [0.29, 0.717) is 16.7 Å². The van der Waals surface area contributed by atoms with Gasteiger partial charge in [-0.2, -0.15) is 5.10 Å². The molecule has 0 bridgehead atoms. The molecule has 0 aliphatic carbocycles. The third-order valence-electron chi connectivity index (χ3n) is 4.94. The van der Waals surface area contributed by atoms with Gasteiger partial charge >= 0.3 is 0 Å². The number of hydrogen-bond donors (Lipinski definition) is 2. The molecular weight excluding hydrogens is 448 g/mol. The molecule has 0 aliphatic rings. The monoisotopic (exact) mass is 472 g/mol. The van der Waals surface area contributed by atoms with Gasteiger partial charge in [-0.1, -0.05) is 72.4 Å². The molecule has 0 saturated heterocycles. The SMILES string of the molecule is COc1ccc(/C=N\NC(=O)CSc2nc(-c3ccccc3)c(-c3ccccc3)[nH]2)cc1OC. The minimum Gasteiger partial charge on any atom is -0.493 e. The minimum atomic E-state index is -0.236. The molecule has 1 amide bonds. The number of methoxy groups -OCH3 is 2. The van der Waals surface area contributed by atoms with Crippen molar-refractivity contribution in [2.75, 3.05) is 20.0 Å². The Morgan fingerprint density at radius 1 is 0.971 bits per heavy atom. The molecule has 34 heavy (non-hydrogen) atoms. The second kappa shape index (κ2) is 11.2. The van der Waals surface area contributed by atoms with E-state index in [4.69, 9.17) is 14.5 Å². The van der Waals surface area contributed by atoms with Crippen LogP contribution in [-0.2, 0) is 4.79 Å². The molecular formula is C26H24N4O3S. The second-order valence-corrected chi connectivity index (χ2v) is 8.16. The molecule has 4 aromatic rings. The second-order valence-electron chi connectivity index (χ2n) is 7.19. The Labute approximate surface area is 202 Å². The average Bonchev–Trinajstić information content (AvgIpc) is 3.33. The number of aromatic amines is 1. The summed E-state index contributed by atoms with van der Waals surface area (Å²) < 4.78 is 10.5. The van der Waals surface area contributed by atoms with E-state index in [-0.39, 0.29) is 11.7 Å². The van der Waals surface area contributed by atoms with Crippen LogP contribution in [0.4, 0.5) is 0 Å². The number of carbonyl (C=O) groups is 1. The Kier molecular flexibility index (Phi) is 7.62. The van der Waals surface area contributed by atoms with Gasteiger partial charge in [0.1, 0.15) is 0 Å². The number of hydrogen-bond acceptors (Lipinski definition) is 6. The molecule has 8 heteroatoms. The van der Waals surface area contributed by atoms with Crippen LogP contribution < -0.4 is 14.9 Å². The molecule has 7 nitrogen and oxygen atoms in total. The van der Waals surface area contributed by atoms with Crippen LogP contribution in [0.25, 0.3) is 22.5 Å². The van der Waals surface area contributed by atoms with Crippen LogP contribution in [0.3, 0.4) is 0 Å². The summed E-state index contributed by atoms with van der Waals surface area (Å²) in [6.07, 6.45) is 1.55. The lowest BCUT2D eigenvalue weighted by molar-refractivity contribution is -0.118. The number of ether oxygens (including phenoxy) is 2. The van der Waals surface area contributed by atoms with Gasteiger partial charge in [0.25, 0.3) is 5.91 Å². The van der Waals surface area contributed by atoms with Crippen molar-refractivity contribution in [3.05, 3.63) is 84.4 Å². The lowest BCUT2D eigenvalue weighted by Crippen LogP contribution is -2.19. The number of H-pyrrole nitrogens is 1. The summed E-state index contributed by atoms with van der Waals surface area (Å²) in [6.45, 7) is 0. The van der Waals surface area contributed by atoms with Gasteiger partial charge in [0, 0.05) is 11.1 Å². The summed E-state index contributed by atoms with van der Waals surface area (Å²) in [5, 5.41) is 4.70. The fraction of sp³-hybridized carbons (Fsp3) is 0.115. The zero-order chi connectivity index (χ0) is 23.8. The first-order valence-electron chi connectivity index (χ1n) is 10.6. The van der Waals surface area contributed by atoms with Crippen LogP contribution >= 0.6 is 11.8 Å². The molecule has 1 heterocycles. The molecule has 0 aliphatic heterocycles. The Morgan fingerprint density at radius 3 is 2.32 bits per heavy atom. The molecule has 1 aromatic heterocycles. The van der Waals surface area contributed by atoms with E-state index in [0.717, 1.165) is 28.1 Å². The number of nitrogens with zero attached hydrogens (tertiary/aromatic N) is 2. The summed E-state index contributed by atoms with van der Waals surface area (Å²) >= 11 is 1.32. The topological polar surface area (TPSA) is 88.6 Å². The molecule has 0 fully saturated rings. The molecule has 3 aromatic carbocycles. The third kappa shape index (κ3) is 5.65. The van der Waals surface area contributed by atoms with Crippen LogP contribution in [-0.4, -0.2) is 42.1 Å². The van der Waals surface area contributed by atoms with Crippen molar-refractivity contribution in [2.24, 2.45) is 5.10 Å². The van der Waals surface area contributed by atoms with E-state index in [1.807, 2.05) is 66.7 Å². The van der Waals surface area contributed by atoms with Gasteiger partial charge in [0.05, 0.1) is 37.6 Å². The lowest BCUT2D eigenvalue weighted by atomic mass is 10.1. The number of imidazole rings is 1. The Hall–Kier alpha value is -4.04. The summed E-state index contributed by atoms with van der Waals surface area (Å²) in [4.78, 5) is 20.5. The average molecular weight is 473 g/mol. The first-order chi connectivity index (χ1) is 16.7. The standard InChI is InChI=1S/C26H24N4O3S/c1-32-21-14-13-18(15-22(21)33-2)16-27-30-23(31)17-34-26-28-24(19-9-5-3-6-10-19)25(29-26)20-11-7-4-8-12-20/h3-16H,17H2,1-2H3,(H,28,29)(H,30,31)/b27-16-. The molecule has 0 spiro atoms. The number of thioether (sulfide) groups is 1. The number of benzene rings is 3. The first-order valence-corrected chi connectivity index (χ1v) is 11.5. The molecule has 4 rings (SSSR count). The highest BCUT2D eigenvalue weighted by molar-refractivity contribution is 7.99. The highest BCUT2D eigenvalue weighted by Crippen LogP contribution is 2.32. The molecule has 0 unspecified atom stereocenters. The maximum atomic E-state index is 12.3. The highest BCUT2D eigenvalue weighted by atomic mass is 32.2. The summed E-state index contributed by atoms with van der Waals surface area (Å²) in [7, 11) is 3.15. The Bertz CT molecular complexity index is 1220. The van der Waals surface area contributed by atoms with Gasteiger partial charge < -0.3 is 14.5 Å². The first kappa shape index (κ1) is 23.1. The molecule has 0 atom stereocenters. The van der Waals surface area contributed by atoms with E-state index in [2.05, 4.69) is 15.5 Å². The van der Waals surface area contributed by atoms with Crippen molar-refractivity contribution in [2.45, 2.75) is 5.16 Å². The van der Waals surface area contributed by atoms with Gasteiger partial charge in [0.2, 0.25) is 0 Å². The summed E-state index contributed by atoms with van der Waals surface area (Å²) in [5.41, 5.74) is 7.13.